The van der Waals surface area contributed by atoms with Crippen molar-refractivity contribution in [1.29, 1.82) is 10.5 Å². The predicted molar refractivity (Wildman–Crippen MR) is 67.4 cm³/mol. The van der Waals surface area contributed by atoms with E-state index in [1.807, 2.05) is 0 Å². The smallest absolute Gasteiger partial charge is 0.137 e. The maximum absolute atomic E-state index is 13.7. The molecule has 0 saturated heterocycles. The van der Waals surface area contributed by atoms with Gasteiger partial charge in [0.2, 0.25) is 0 Å². The summed E-state index contributed by atoms with van der Waals surface area (Å²) < 4.78 is 13.7. The van der Waals surface area contributed by atoms with E-state index < -0.39 is 5.82 Å². The number of benzene rings is 1. The molecule has 0 unspecified atom stereocenters. The Kier molecular flexibility index (Phi) is 4.66. The molecule has 4 heteroatoms. The van der Waals surface area contributed by atoms with Crippen LogP contribution in [0.4, 0.5) is 4.39 Å². The molecule has 0 N–H and O–H groups in total. The Hall–Kier alpha value is -2.59. The molecule has 90 valence electrons. The van der Waals surface area contributed by atoms with Crippen LogP contribution in [0.3, 0.4) is 0 Å². The summed E-state index contributed by atoms with van der Waals surface area (Å²) in [4.78, 5) is 1.74. The van der Waals surface area contributed by atoms with E-state index in [9.17, 15) is 4.39 Å². The first-order chi connectivity index (χ1) is 8.60. The van der Waals surface area contributed by atoms with Crippen LogP contribution in [0.2, 0.25) is 0 Å². The summed E-state index contributed by atoms with van der Waals surface area (Å²) in [6.07, 6.45) is 3.22. The Morgan fingerprint density at radius 2 is 1.83 bits per heavy atom. The fourth-order valence-electron chi connectivity index (χ4n) is 1.36. The third-order valence-electron chi connectivity index (χ3n) is 2.20. The molecule has 0 aliphatic rings. The molecule has 0 radical (unpaired) electrons. The van der Waals surface area contributed by atoms with Gasteiger partial charge in [-0.1, -0.05) is 18.2 Å². The van der Waals surface area contributed by atoms with Crippen LogP contribution >= 0.6 is 0 Å². The van der Waals surface area contributed by atoms with E-state index in [2.05, 4.69) is 0 Å². The molecule has 3 nitrogen and oxygen atoms in total. The lowest BCUT2D eigenvalue weighted by Gasteiger charge is -2.07. The normalized spacial score (nSPS) is 9.61. The second-order valence-corrected chi connectivity index (χ2v) is 3.77. The lowest BCUT2D eigenvalue weighted by atomic mass is 10.0. The number of rotatable bonds is 3. The van der Waals surface area contributed by atoms with E-state index in [1.54, 1.807) is 61.6 Å². The molecule has 0 aliphatic carbocycles. The van der Waals surface area contributed by atoms with Crippen molar-refractivity contribution in [2.24, 2.45) is 0 Å². The standard InChI is InChI=1S/C14H12FN3/c1-18(2)8-7-12(11(9-16)10-17)13-5-3-4-6-14(13)15/h3-8H,1-2H3. The molecule has 0 aromatic heterocycles. The number of nitriles is 2. The third kappa shape index (κ3) is 3.20. The molecule has 0 bridgehead atoms. The Morgan fingerprint density at radius 1 is 1.22 bits per heavy atom. The van der Waals surface area contributed by atoms with Gasteiger partial charge in [-0.3, -0.25) is 0 Å². The first kappa shape index (κ1) is 13.5. The van der Waals surface area contributed by atoms with Crippen molar-refractivity contribution in [3.63, 3.8) is 0 Å². The Labute approximate surface area is 106 Å². The number of halogens is 1. The molecule has 0 atom stereocenters. The second-order valence-electron chi connectivity index (χ2n) is 3.77. The van der Waals surface area contributed by atoms with Gasteiger partial charge in [0.1, 0.15) is 23.5 Å². The van der Waals surface area contributed by atoms with Gasteiger partial charge in [-0.15, -0.1) is 0 Å². The SMILES string of the molecule is CN(C)C=CC(=C(C#N)C#N)c1ccccc1F. The minimum atomic E-state index is -0.459. The van der Waals surface area contributed by atoms with Crippen LogP contribution in [0.5, 0.6) is 0 Å². The van der Waals surface area contributed by atoms with E-state index in [-0.39, 0.29) is 16.7 Å². The first-order valence-electron chi connectivity index (χ1n) is 5.24. The molecular weight excluding hydrogens is 229 g/mol. The van der Waals surface area contributed by atoms with Crippen molar-refractivity contribution in [1.82, 2.24) is 4.90 Å². The van der Waals surface area contributed by atoms with E-state index in [0.717, 1.165) is 0 Å². The zero-order chi connectivity index (χ0) is 13.5. The minimum absolute atomic E-state index is 0.113. The molecule has 1 aromatic rings. The average molecular weight is 241 g/mol. The highest BCUT2D eigenvalue weighted by Crippen LogP contribution is 2.22. The highest BCUT2D eigenvalue weighted by Gasteiger charge is 2.10. The van der Waals surface area contributed by atoms with Crippen molar-refractivity contribution in [2.75, 3.05) is 14.1 Å². The summed E-state index contributed by atoms with van der Waals surface area (Å²) in [6, 6.07) is 9.63. The van der Waals surface area contributed by atoms with Crippen molar-refractivity contribution < 1.29 is 4.39 Å². The van der Waals surface area contributed by atoms with Crippen molar-refractivity contribution in [3.8, 4) is 12.1 Å². The first-order valence-corrected chi connectivity index (χ1v) is 5.24. The summed E-state index contributed by atoms with van der Waals surface area (Å²) in [5, 5.41) is 17.8. The van der Waals surface area contributed by atoms with Crippen LogP contribution in [-0.4, -0.2) is 19.0 Å². The third-order valence-corrected chi connectivity index (χ3v) is 2.20. The molecule has 18 heavy (non-hydrogen) atoms. The van der Waals surface area contributed by atoms with Gasteiger partial charge >= 0.3 is 0 Å². The number of allylic oxidation sites excluding steroid dienone is 3. The minimum Gasteiger partial charge on any atom is -0.383 e. The number of nitrogens with zero attached hydrogens (tertiary/aromatic N) is 3. The Bertz CT molecular complexity index is 555. The summed E-state index contributed by atoms with van der Waals surface area (Å²) >= 11 is 0. The number of hydrogen-bond acceptors (Lipinski definition) is 3. The van der Waals surface area contributed by atoms with Crippen LogP contribution in [0.1, 0.15) is 5.56 Å². The van der Waals surface area contributed by atoms with E-state index in [0.29, 0.717) is 0 Å². The lowest BCUT2D eigenvalue weighted by molar-refractivity contribution is 0.564. The van der Waals surface area contributed by atoms with Crippen LogP contribution in [0.15, 0.2) is 42.1 Å². The summed E-state index contributed by atoms with van der Waals surface area (Å²) in [5.74, 6) is -0.459. The van der Waals surface area contributed by atoms with Gasteiger partial charge in [0, 0.05) is 25.2 Å². The van der Waals surface area contributed by atoms with Crippen LogP contribution < -0.4 is 0 Å². The van der Waals surface area contributed by atoms with Crippen molar-refractivity contribution in [2.45, 2.75) is 0 Å². The molecule has 0 aliphatic heterocycles. The molecule has 0 amide bonds. The summed E-state index contributed by atoms with van der Waals surface area (Å²) in [5.41, 5.74) is 0.415. The van der Waals surface area contributed by atoms with E-state index >= 15 is 0 Å². The molecule has 0 saturated carbocycles. The molecule has 1 aromatic carbocycles. The van der Waals surface area contributed by atoms with Gasteiger partial charge in [0.15, 0.2) is 0 Å². The fourth-order valence-corrected chi connectivity index (χ4v) is 1.36. The molecule has 0 fully saturated rings. The highest BCUT2D eigenvalue weighted by atomic mass is 19.1. The Balaban J connectivity index is 3.42. The highest BCUT2D eigenvalue weighted by molar-refractivity contribution is 5.82. The van der Waals surface area contributed by atoms with Gasteiger partial charge in [0.25, 0.3) is 0 Å². The zero-order valence-electron chi connectivity index (χ0n) is 10.2. The molecular formula is C14H12FN3. The predicted octanol–water partition coefficient (Wildman–Crippen LogP) is 2.70. The van der Waals surface area contributed by atoms with Gasteiger partial charge < -0.3 is 4.90 Å². The molecule has 1 rings (SSSR count). The van der Waals surface area contributed by atoms with Crippen molar-refractivity contribution in [3.05, 3.63) is 53.5 Å². The quantitative estimate of drug-likeness (QED) is 0.604. The zero-order valence-corrected chi connectivity index (χ0v) is 10.2. The summed E-state index contributed by atoms with van der Waals surface area (Å²) in [7, 11) is 3.60. The molecule has 0 spiro atoms. The van der Waals surface area contributed by atoms with E-state index in [4.69, 9.17) is 10.5 Å². The van der Waals surface area contributed by atoms with Gasteiger partial charge in [-0.05, 0) is 18.3 Å². The Morgan fingerprint density at radius 3 is 2.33 bits per heavy atom. The van der Waals surface area contributed by atoms with Crippen molar-refractivity contribution >= 4 is 5.57 Å². The largest absolute Gasteiger partial charge is 0.383 e. The lowest BCUT2D eigenvalue weighted by Crippen LogP contribution is -2.01. The van der Waals surface area contributed by atoms with Gasteiger partial charge in [0.05, 0.1) is 0 Å². The average Bonchev–Trinajstić information content (AvgIpc) is 2.35. The monoisotopic (exact) mass is 241 g/mol. The van der Waals surface area contributed by atoms with E-state index in [1.165, 1.54) is 6.07 Å². The van der Waals surface area contributed by atoms with Crippen LogP contribution in [0.25, 0.3) is 5.57 Å². The van der Waals surface area contributed by atoms with Crippen LogP contribution in [0, 0.1) is 28.5 Å². The summed E-state index contributed by atoms with van der Waals surface area (Å²) in [6.45, 7) is 0. The molecule has 0 heterocycles. The fraction of sp³-hybridized carbons (Fsp3) is 0.143. The number of hydrogen-bond donors (Lipinski definition) is 0. The maximum atomic E-state index is 13.7. The maximum Gasteiger partial charge on any atom is 0.137 e. The van der Waals surface area contributed by atoms with Gasteiger partial charge in [-0.25, -0.2) is 4.39 Å². The van der Waals surface area contributed by atoms with Gasteiger partial charge in [-0.2, -0.15) is 10.5 Å². The van der Waals surface area contributed by atoms with Crippen LogP contribution in [-0.2, 0) is 0 Å². The topological polar surface area (TPSA) is 50.8 Å². The second kappa shape index (κ2) is 6.22.